The molecule has 1 aromatic heterocycles. The van der Waals surface area contributed by atoms with E-state index in [1.165, 1.54) is 0 Å². The summed E-state index contributed by atoms with van der Waals surface area (Å²) in [4.78, 5) is 27.3. The van der Waals surface area contributed by atoms with Crippen LogP contribution >= 0.6 is 12.2 Å². The van der Waals surface area contributed by atoms with Crippen molar-refractivity contribution in [2.45, 2.75) is 19.8 Å². The number of primary amides is 1. The number of rotatable bonds is 3. The van der Waals surface area contributed by atoms with Gasteiger partial charge in [0.1, 0.15) is 0 Å². The van der Waals surface area contributed by atoms with Gasteiger partial charge in [-0.05, 0) is 18.6 Å². The van der Waals surface area contributed by atoms with Gasteiger partial charge in [0.05, 0.1) is 6.42 Å². The van der Waals surface area contributed by atoms with Gasteiger partial charge in [0.2, 0.25) is 5.91 Å². The van der Waals surface area contributed by atoms with Gasteiger partial charge < -0.3 is 10.7 Å². The Morgan fingerprint density at radius 2 is 2.14 bits per heavy atom. The standard InChI is InChI=1S/C8H11N3O2S/c1-2-4-5(3-6(9)12)10-8(14)11-7(4)13/h2-3H2,1H3,(H2,9,12)(H2,10,11,13,14). The molecule has 0 aliphatic rings. The summed E-state index contributed by atoms with van der Waals surface area (Å²) in [5, 5.41) is 0. The summed E-state index contributed by atoms with van der Waals surface area (Å²) in [6, 6.07) is 0. The lowest BCUT2D eigenvalue weighted by Gasteiger charge is -2.03. The number of hydrogen-bond acceptors (Lipinski definition) is 3. The molecule has 0 aromatic carbocycles. The van der Waals surface area contributed by atoms with Crippen molar-refractivity contribution in [3.8, 4) is 0 Å². The molecule has 0 atom stereocenters. The Kier molecular flexibility index (Phi) is 3.19. The Bertz CT molecular complexity index is 460. The van der Waals surface area contributed by atoms with E-state index in [1.54, 1.807) is 0 Å². The van der Waals surface area contributed by atoms with Crippen LogP contribution in [0.15, 0.2) is 4.79 Å². The van der Waals surface area contributed by atoms with Crippen LogP contribution in [0.4, 0.5) is 0 Å². The van der Waals surface area contributed by atoms with Gasteiger partial charge in [-0.1, -0.05) is 6.92 Å². The Morgan fingerprint density at radius 1 is 1.50 bits per heavy atom. The minimum Gasteiger partial charge on any atom is -0.369 e. The van der Waals surface area contributed by atoms with Crippen LogP contribution in [0.25, 0.3) is 0 Å². The van der Waals surface area contributed by atoms with Crippen molar-refractivity contribution in [1.29, 1.82) is 0 Å². The van der Waals surface area contributed by atoms with Crippen LogP contribution < -0.4 is 11.3 Å². The first-order chi connectivity index (χ1) is 6.54. The van der Waals surface area contributed by atoms with E-state index in [0.717, 1.165) is 0 Å². The van der Waals surface area contributed by atoms with E-state index in [2.05, 4.69) is 9.97 Å². The second-order valence-electron chi connectivity index (χ2n) is 2.86. The molecule has 0 saturated carbocycles. The highest BCUT2D eigenvalue weighted by molar-refractivity contribution is 7.71. The highest BCUT2D eigenvalue weighted by Gasteiger charge is 2.08. The lowest BCUT2D eigenvalue weighted by molar-refractivity contribution is -0.117. The molecule has 1 heterocycles. The average molecular weight is 213 g/mol. The van der Waals surface area contributed by atoms with Gasteiger partial charge in [0, 0.05) is 11.3 Å². The zero-order valence-corrected chi connectivity index (χ0v) is 8.53. The third-order valence-corrected chi connectivity index (χ3v) is 2.04. The van der Waals surface area contributed by atoms with Crippen LogP contribution in [0.3, 0.4) is 0 Å². The number of carbonyl (C=O) groups excluding carboxylic acids is 1. The third kappa shape index (κ3) is 2.29. The topological polar surface area (TPSA) is 91.7 Å². The number of nitrogens with two attached hydrogens (primary N) is 1. The molecule has 1 amide bonds. The number of hydrogen-bond donors (Lipinski definition) is 3. The minimum absolute atomic E-state index is 0.0106. The van der Waals surface area contributed by atoms with Crippen LogP contribution in [0.2, 0.25) is 0 Å². The molecule has 5 nitrogen and oxygen atoms in total. The van der Waals surface area contributed by atoms with Crippen LogP contribution in [-0.2, 0) is 17.6 Å². The minimum atomic E-state index is -0.490. The Hall–Kier alpha value is -1.43. The Balaban J connectivity index is 3.32. The first-order valence-electron chi connectivity index (χ1n) is 4.17. The van der Waals surface area contributed by atoms with Gasteiger partial charge in [-0.25, -0.2) is 0 Å². The molecule has 0 aliphatic carbocycles. The summed E-state index contributed by atoms with van der Waals surface area (Å²) in [5.41, 5.74) is 5.82. The number of aromatic amines is 2. The second kappa shape index (κ2) is 4.19. The normalized spacial score (nSPS) is 10.1. The average Bonchev–Trinajstić information content (AvgIpc) is 2.01. The summed E-state index contributed by atoms with van der Waals surface area (Å²) in [6.45, 7) is 1.83. The molecule has 0 radical (unpaired) electrons. The molecule has 1 aromatic rings. The van der Waals surface area contributed by atoms with Crippen molar-refractivity contribution >= 4 is 18.1 Å². The molecule has 0 bridgehead atoms. The second-order valence-corrected chi connectivity index (χ2v) is 3.27. The number of H-pyrrole nitrogens is 2. The maximum absolute atomic E-state index is 11.4. The van der Waals surface area contributed by atoms with E-state index in [-0.39, 0.29) is 16.8 Å². The predicted octanol–water partition coefficient (Wildman–Crippen LogP) is 0.0227. The van der Waals surface area contributed by atoms with Crippen LogP contribution in [0.5, 0.6) is 0 Å². The molecule has 14 heavy (non-hydrogen) atoms. The molecule has 0 aliphatic heterocycles. The summed E-state index contributed by atoms with van der Waals surface area (Å²) >= 11 is 4.78. The molecular weight excluding hydrogens is 202 g/mol. The highest BCUT2D eigenvalue weighted by atomic mass is 32.1. The molecule has 4 N–H and O–H groups in total. The van der Waals surface area contributed by atoms with E-state index in [0.29, 0.717) is 17.7 Å². The zero-order valence-electron chi connectivity index (χ0n) is 7.72. The Labute approximate surface area is 85.4 Å². The van der Waals surface area contributed by atoms with Gasteiger partial charge in [0.25, 0.3) is 5.56 Å². The van der Waals surface area contributed by atoms with E-state index in [4.69, 9.17) is 18.0 Å². The number of amides is 1. The fourth-order valence-corrected chi connectivity index (χ4v) is 1.47. The molecule has 76 valence electrons. The smallest absolute Gasteiger partial charge is 0.255 e. The van der Waals surface area contributed by atoms with Gasteiger partial charge in [-0.3, -0.25) is 14.6 Å². The summed E-state index contributed by atoms with van der Waals surface area (Å²) in [6.07, 6.45) is 0.542. The molecule has 0 fully saturated rings. The van der Waals surface area contributed by atoms with Crippen molar-refractivity contribution in [2.75, 3.05) is 0 Å². The number of carbonyl (C=O) groups is 1. The lowest BCUT2D eigenvalue weighted by atomic mass is 10.1. The van der Waals surface area contributed by atoms with Crippen molar-refractivity contribution < 1.29 is 4.79 Å². The van der Waals surface area contributed by atoms with Crippen molar-refractivity contribution in [3.63, 3.8) is 0 Å². The van der Waals surface area contributed by atoms with Crippen molar-refractivity contribution in [1.82, 2.24) is 9.97 Å². The van der Waals surface area contributed by atoms with E-state index in [9.17, 15) is 9.59 Å². The van der Waals surface area contributed by atoms with E-state index >= 15 is 0 Å². The largest absolute Gasteiger partial charge is 0.369 e. The van der Waals surface area contributed by atoms with E-state index in [1.807, 2.05) is 6.92 Å². The summed E-state index contributed by atoms with van der Waals surface area (Å²) in [5.74, 6) is -0.490. The fourth-order valence-electron chi connectivity index (χ4n) is 1.26. The molecular formula is C8H11N3O2S. The number of aromatic nitrogens is 2. The third-order valence-electron chi connectivity index (χ3n) is 1.83. The molecule has 6 heteroatoms. The quantitative estimate of drug-likeness (QED) is 0.618. The summed E-state index contributed by atoms with van der Waals surface area (Å²) in [7, 11) is 0. The molecule has 0 unspecified atom stereocenters. The zero-order chi connectivity index (χ0) is 10.7. The van der Waals surface area contributed by atoms with E-state index < -0.39 is 5.91 Å². The Morgan fingerprint density at radius 3 is 2.64 bits per heavy atom. The predicted molar refractivity (Wildman–Crippen MR) is 54.5 cm³/mol. The first-order valence-corrected chi connectivity index (χ1v) is 4.58. The van der Waals surface area contributed by atoms with Crippen LogP contribution in [0.1, 0.15) is 18.2 Å². The maximum atomic E-state index is 11.4. The van der Waals surface area contributed by atoms with Crippen molar-refractivity contribution in [2.24, 2.45) is 5.73 Å². The highest BCUT2D eigenvalue weighted by Crippen LogP contribution is 2.01. The summed E-state index contributed by atoms with van der Waals surface area (Å²) < 4.78 is 0.212. The van der Waals surface area contributed by atoms with Gasteiger partial charge in [-0.2, -0.15) is 0 Å². The van der Waals surface area contributed by atoms with Gasteiger partial charge in [-0.15, -0.1) is 0 Å². The molecule has 0 spiro atoms. The SMILES string of the molecule is CCc1c(CC(N)=O)[nH]c(=S)[nH]c1=O. The monoisotopic (exact) mass is 213 g/mol. The lowest BCUT2D eigenvalue weighted by Crippen LogP contribution is -2.22. The molecule has 1 rings (SSSR count). The number of nitrogens with one attached hydrogen (secondary N) is 2. The molecule has 0 saturated heterocycles. The maximum Gasteiger partial charge on any atom is 0.255 e. The van der Waals surface area contributed by atoms with Crippen LogP contribution in [0, 0.1) is 4.77 Å². The van der Waals surface area contributed by atoms with Crippen LogP contribution in [-0.4, -0.2) is 15.9 Å². The van der Waals surface area contributed by atoms with Gasteiger partial charge >= 0.3 is 0 Å². The fraction of sp³-hybridized carbons (Fsp3) is 0.375. The van der Waals surface area contributed by atoms with Gasteiger partial charge in [0.15, 0.2) is 4.77 Å². The van der Waals surface area contributed by atoms with Crippen molar-refractivity contribution in [3.05, 3.63) is 26.4 Å². The first kappa shape index (κ1) is 10.6.